The molecule has 0 spiro atoms. The van der Waals surface area contributed by atoms with Crippen LogP contribution in [0.25, 0.3) is 22.4 Å². The molecule has 0 saturated heterocycles. The van der Waals surface area contributed by atoms with Crippen LogP contribution in [-0.2, 0) is 0 Å². The zero-order valence-corrected chi connectivity index (χ0v) is 16.5. The lowest BCUT2D eigenvalue weighted by molar-refractivity contribution is 0.0955. The van der Waals surface area contributed by atoms with E-state index in [-0.39, 0.29) is 17.4 Å². The predicted molar refractivity (Wildman–Crippen MR) is 116 cm³/mol. The van der Waals surface area contributed by atoms with Gasteiger partial charge in [0.25, 0.3) is 5.91 Å². The summed E-state index contributed by atoms with van der Waals surface area (Å²) in [4.78, 5) is 20.2. The van der Waals surface area contributed by atoms with E-state index in [4.69, 9.17) is 0 Å². The van der Waals surface area contributed by atoms with Crippen LogP contribution in [0, 0.1) is 13.8 Å². The molecule has 4 N–H and O–H groups in total. The Hall–Kier alpha value is -4.13. The van der Waals surface area contributed by atoms with Gasteiger partial charge < -0.3 is 15.2 Å². The topological polar surface area (TPSA) is 111 Å². The molecule has 4 aromatic rings. The number of amides is 1. The number of rotatable bonds is 4. The molecule has 0 saturated carbocycles. The summed E-state index contributed by atoms with van der Waals surface area (Å²) in [5.41, 5.74) is 8.58. The maximum absolute atomic E-state index is 12.3. The van der Waals surface area contributed by atoms with E-state index in [2.05, 4.69) is 46.5 Å². The molecule has 0 radical (unpaired) electrons. The van der Waals surface area contributed by atoms with Crippen LogP contribution in [0.5, 0.6) is 11.5 Å². The lowest BCUT2D eigenvalue weighted by Crippen LogP contribution is -2.17. The number of fused-ring (bicyclic) bond motifs is 1. The SMILES string of the molecule is Cc1cc2nc(-c3ccc(C(=O)N/N=C/c4ccc(O)c(O)c4)cc3)[nH]c2cc1C. The number of aromatic nitrogens is 2. The summed E-state index contributed by atoms with van der Waals surface area (Å²) < 4.78 is 0. The zero-order valence-electron chi connectivity index (χ0n) is 16.5. The largest absolute Gasteiger partial charge is 0.504 e. The number of hydrazone groups is 1. The molecule has 7 nitrogen and oxygen atoms in total. The van der Waals surface area contributed by atoms with Crippen molar-refractivity contribution in [1.82, 2.24) is 15.4 Å². The Labute approximate surface area is 172 Å². The molecular formula is C23H20N4O3. The lowest BCUT2D eigenvalue weighted by atomic mass is 10.1. The molecule has 0 atom stereocenters. The number of phenolic OH excluding ortho intramolecular Hbond substituents is 2. The van der Waals surface area contributed by atoms with E-state index >= 15 is 0 Å². The van der Waals surface area contributed by atoms with Gasteiger partial charge in [0, 0.05) is 11.1 Å². The highest BCUT2D eigenvalue weighted by molar-refractivity contribution is 5.95. The van der Waals surface area contributed by atoms with Gasteiger partial charge >= 0.3 is 0 Å². The number of imidazole rings is 1. The zero-order chi connectivity index (χ0) is 21.3. The van der Waals surface area contributed by atoms with E-state index < -0.39 is 0 Å². The van der Waals surface area contributed by atoms with Crippen molar-refractivity contribution in [2.75, 3.05) is 0 Å². The van der Waals surface area contributed by atoms with Crippen LogP contribution in [0.3, 0.4) is 0 Å². The van der Waals surface area contributed by atoms with Gasteiger partial charge in [-0.3, -0.25) is 4.79 Å². The van der Waals surface area contributed by atoms with Crippen LogP contribution >= 0.6 is 0 Å². The first-order chi connectivity index (χ1) is 14.4. The molecule has 0 aliphatic rings. The average Bonchev–Trinajstić information content (AvgIpc) is 3.13. The van der Waals surface area contributed by atoms with Gasteiger partial charge in [-0.05, 0) is 73.0 Å². The number of hydrogen-bond acceptors (Lipinski definition) is 5. The van der Waals surface area contributed by atoms with Gasteiger partial charge in [-0.2, -0.15) is 5.10 Å². The minimum atomic E-state index is -0.364. The van der Waals surface area contributed by atoms with Crippen LogP contribution in [0.1, 0.15) is 27.0 Å². The predicted octanol–water partition coefficient (Wildman–Crippen LogP) is 4.02. The van der Waals surface area contributed by atoms with Crippen molar-refractivity contribution in [3.63, 3.8) is 0 Å². The van der Waals surface area contributed by atoms with Gasteiger partial charge in [0.2, 0.25) is 0 Å². The van der Waals surface area contributed by atoms with Crippen LogP contribution in [0.4, 0.5) is 0 Å². The molecule has 1 amide bonds. The lowest BCUT2D eigenvalue weighted by Gasteiger charge is -2.02. The highest BCUT2D eigenvalue weighted by atomic mass is 16.3. The summed E-state index contributed by atoms with van der Waals surface area (Å²) in [6.45, 7) is 4.12. The highest BCUT2D eigenvalue weighted by Gasteiger charge is 2.09. The van der Waals surface area contributed by atoms with Gasteiger partial charge in [-0.25, -0.2) is 10.4 Å². The number of nitrogens with one attached hydrogen (secondary N) is 2. The van der Waals surface area contributed by atoms with E-state index in [0.29, 0.717) is 11.1 Å². The number of H-pyrrole nitrogens is 1. The van der Waals surface area contributed by atoms with E-state index in [9.17, 15) is 15.0 Å². The minimum Gasteiger partial charge on any atom is -0.504 e. The highest BCUT2D eigenvalue weighted by Crippen LogP contribution is 2.24. The minimum absolute atomic E-state index is 0.217. The summed E-state index contributed by atoms with van der Waals surface area (Å²) in [5, 5.41) is 22.7. The molecule has 1 aromatic heterocycles. The van der Waals surface area contributed by atoms with E-state index in [0.717, 1.165) is 22.4 Å². The smallest absolute Gasteiger partial charge is 0.271 e. The Bertz CT molecular complexity index is 1230. The van der Waals surface area contributed by atoms with Gasteiger partial charge in [0.1, 0.15) is 5.82 Å². The standard InChI is InChI=1S/C23H20N4O3/c1-13-9-18-19(10-14(13)2)26-22(25-18)16-4-6-17(7-5-16)23(30)27-24-12-15-3-8-20(28)21(29)11-15/h3-12,28-29H,1-2H3,(H,25,26)(H,27,30)/b24-12+. The van der Waals surface area contributed by atoms with Crippen LogP contribution in [0.15, 0.2) is 59.7 Å². The summed E-state index contributed by atoms with van der Waals surface area (Å²) in [5.74, 6) is -0.0912. The normalized spacial score (nSPS) is 11.3. The van der Waals surface area contributed by atoms with Crippen LogP contribution in [0.2, 0.25) is 0 Å². The molecular weight excluding hydrogens is 380 g/mol. The molecule has 30 heavy (non-hydrogen) atoms. The first kappa shape index (κ1) is 19.2. The molecule has 150 valence electrons. The number of carbonyl (C=O) groups excluding carboxylic acids is 1. The van der Waals surface area contributed by atoms with Gasteiger partial charge in [-0.1, -0.05) is 12.1 Å². The second-order valence-electron chi connectivity index (χ2n) is 7.06. The molecule has 3 aromatic carbocycles. The molecule has 0 aliphatic carbocycles. The Kier molecular flexibility index (Phi) is 4.93. The number of nitrogens with zero attached hydrogens (tertiary/aromatic N) is 2. The first-order valence-electron chi connectivity index (χ1n) is 9.33. The average molecular weight is 400 g/mol. The molecule has 0 aliphatic heterocycles. The van der Waals surface area contributed by atoms with Crippen molar-refractivity contribution in [1.29, 1.82) is 0 Å². The van der Waals surface area contributed by atoms with Crippen molar-refractivity contribution < 1.29 is 15.0 Å². The number of aromatic amines is 1. The molecule has 7 heteroatoms. The van der Waals surface area contributed by atoms with Gasteiger partial charge in [0.05, 0.1) is 17.2 Å². The van der Waals surface area contributed by atoms with E-state index in [1.165, 1.54) is 29.5 Å². The summed E-state index contributed by atoms with van der Waals surface area (Å²) in [6.07, 6.45) is 1.38. The molecule has 0 unspecified atom stereocenters. The number of phenols is 2. The Morgan fingerprint density at radius 2 is 1.73 bits per heavy atom. The second-order valence-corrected chi connectivity index (χ2v) is 7.06. The summed E-state index contributed by atoms with van der Waals surface area (Å²) in [7, 11) is 0. The fourth-order valence-electron chi connectivity index (χ4n) is 3.04. The van der Waals surface area contributed by atoms with Crippen molar-refractivity contribution in [3.05, 3.63) is 76.9 Å². The molecule has 0 bridgehead atoms. The summed E-state index contributed by atoms with van der Waals surface area (Å²) >= 11 is 0. The third-order valence-electron chi connectivity index (χ3n) is 4.90. The fraction of sp³-hybridized carbons (Fsp3) is 0.0870. The van der Waals surface area contributed by atoms with Crippen molar-refractivity contribution in [2.24, 2.45) is 5.10 Å². The second kappa shape index (κ2) is 7.71. The van der Waals surface area contributed by atoms with Gasteiger partial charge in [0.15, 0.2) is 11.5 Å². The first-order valence-corrected chi connectivity index (χ1v) is 9.33. The quantitative estimate of drug-likeness (QED) is 0.235. The maximum atomic E-state index is 12.3. The Morgan fingerprint density at radius 1 is 1.00 bits per heavy atom. The third kappa shape index (κ3) is 3.86. The molecule has 1 heterocycles. The van der Waals surface area contributed by atoms with Crippen LogP contribution in [-0.4, -0.2) is 32.3 Å². The van der Waals surface area contributed by atoms with Crippen molar-refractivity contribution >= 4 is 23.2 Å². The number of aromatic hydroxyl groups is 2. The molecule has 0 fully saturated rings. The van der Waals surface area contributed by atoms with Crippen molar-refractivity contribution in [3.8, 4) is 22.9 Å². The van der Waals surface area contributed by atoms with E-state index in [1.807, 2.05) is 12.1 Å². The van der Waals surface area contributed by atoms with E-state index in [1.54, 1.807) is 18.2 Å². The number of carbonyl (C=O) groups is 1. The number of aryl methyl sites for hydroxylation is 2. The molecule has 4 rings (SSSR count). The van der Waals surface area contributed by atoms with Gasteiger partial charge in [-0.15, -0.1) is 0 Å². The summed E-state index contributed by atoms with van der Waals surface area (Å²) in [6, 6.07) is 15.5. The Balaban J connectivity index is 1.47. The monoisotopic (exact) mass is 400 g/mol. The maximum Gasteiger partial charge on any atom is 0.271 e. The van der Waals surface area contributed by atoms with Crippen molar-refractivity contribution in [2.45, 2.75) is 13.8 Å². The fourth-order valence-corrected chi connectivity index (χ4v) is 3.04. The Morgan fingerprint density at radius 3 is 2.47 bits per heavy atom. The van der Waals surface area contributed by atoms with Crippen LogP contribution < -0.4 is 5.43 Å². The number of hydrogen-bond donors (Lipinski definition) is 4. The number of benzene rings is 3. The third-order valence-corrected chi connectivity index (χ3v) is 4.90.